The number of ether oxygens (including phenoxy) is 1. The van der Waals surface area contributed by atoms with Crippen LogP contribution in [0.4, 0.5) is 0 Å². The fraction of sp³-hybridized carbons (Fsp3) is 0.615. The van der Waals surface area contributed by atoms with Gasteiger partial charge in [0.05, 0.1) is 12.5 Å². The van der Waals surface area contributed by atoms with E-state index in [-0.39, 0.29) is 11.9 Å². The van der Waals surface area contributed by atoms with E-state index in [1.807, 2.05) is 18.4 Å². The highest BCUT2D eigenvalue weighted by Gasteiger charge is 2.33. The Hall–Kier alpha value is -0.830. The van der Waals surface area contributed by atoms with E-state index in [9.17, 15) is 4.79 Å². The molecule has 1 aliphatic rings. The van der Waals surface area contributed by atoms with Gasteiger partial charge in [-0.05, 0) is 37.1 Å². The molecule has 1 aromatic rings. The molecule has 0 radical (unpaired) electrons. The number of hydrogen-bond acceptors (Lipinski definition) is 3. The minimum Gasteiger partial charge on any atom is -0.465 e. The first-order valence-electron chi connectivity index (χ1n) is 6.03. The summed E-state index contributed by atoms with van der Waals surface area (Å²) in [4.78, 5) is 13.2. The van der Waals surface area contributed by atoms with E-state index >= 15 is 0 Å². The second kappa shape index (κ2) is 5.48. The zero-order valence-corrected chi connectivity index (χ0v) is 10.5. The average Bonchev–Trinajstić information content (AvgIpc) is 2.91. The third-order valence-corrected chi connectivity index (χ3v) is 4.22. The van der Waals surface area contributed by atoms with Crippen LogP contribution in [0.25, 0.3) is 0 Å². The maximum atomic E-state index is 12.0. The highest BCUT2D eigenvalue weighted by molar-refractivity contribution is 7.10. The predicted molar refractivity (Wildman–Crippen MR) is 65.7 cm³/mol. The molecule has 1 heterocycles. The molecule has 0 spiro atoms. The Balaban J connectivity index is 2.15. The minimum atomic E-state index is -0.0307. The molecule has 16 heavy (non-hydrogen) atoms. The molecule has 3 heteroatoms. The summed E-state index contributed by atoms with van der Waals surface area (Å²) in [5, 5.41) is 2.04. The number of rotatable bonds is 4. The summed E-state index contributed by atoms with van der Waals surface area (Å²) in [6.07, 6.45) is 4.85. The topological polar surface area (TPSA) is 26.3 Å². The molecule has 0 saturated heterocycles. The molecule has 1 atom stereocenters. The fourth-order valence-corrected chi connectivity index (χ4v) is 3.44. The molecular formula is C13H18O2S. The second-order valence-electron chi connectivity index (χ2n) is 4.29. The molecule has 1 aliphatic carbocycles. The molecule has 88 valence electrons. The van der Waals surface area contributed by atoms with Gasteiger partial charge in [0.25, 0.3) is 0 Å². The number of esters is 1. The monoisotopic (exact) mass is 238 g/mol. The molecule has 1 saturated carbocycles. The Bertz CT molecular complexity index is 326. The number of hydrogen-bond donors (Lipinski definition) is 0. The first-order chi connectivity index (χ1) is 7.83. The van der Waals surface area contributed by atoms with Gasteiger partial charge in [-0.3, -0.25) is 4.79 Å². The standard InChI is InChI=1S/C13H18O2S/c1-2-15-13(14)12(10-6-3-4-7-10)11-8-5-9-16-11/h5,8-10,12H,2-4,6-7H2,1H3/t12-/m1/s1. The van der Waals surface area contributed by atoms with E-state index in [1.54, 1.807) is 11.3 Å². The van der Waals surface area contributed by atoms with Gasteiger partial charge in [0, 0.05) is 4.88 Å². The van der Waals surface area contributed by atoms with E-state index in [0.29, 0.717) is 12.5 Å². The Morgan fingerprint density at radius 1 is 1.56 bits per heavy atom. The smallest absolute Gasteiger partial charge is 0.314 e. The van der Waals surface area contributed by atoms with Crippen molar-refractivity contribution in [2.24, 2.45) is 5.92 Å². The van der Waals surface area contributed by atoms with Gasteiger partial charge in [-0.15, -0.1) is 11.3 Å². The van der Waals surface area contributed by atoms with Crippen molar-refractivity contribution in [3.63, 3.8) is 0 Å². The molecule has 1 fully saturated rings. The zero-order chi connectivity index (χ0) is 11.4. The van der Waals surface area contributed by atoms with Crippen LogP contribution in [0, 0.1) is 5.92 Å². The van der Waals surface area contributed by atoms with Crippen molar-refractivity contribution in [2.75, 3.05) is 6.61 Å². The van der Waals surface area contributed by atoms with E-state index in [4.69, 9.17) is 4.74 Å². The number of carbonyl (C=O) groups excluding carboxylic acids is 1. The van der Waals surface area contributed by atoms with Crippen LogP contribution in [0.5, 0.6) is 0 Å². The second-order valence-corrected chi connectivity index (χ2v) is 5.27. The molecule has 2 nitrogen and oxygen atoms in total. The Morgan fingerprint density at radius 3 is 2.88 bits per heavy atom. The van der Waals surface area contributed by atoms with Crippen LogP contribution in [0.1, 0.15) is 43.4 Å². The third-order valence-electron chi connectivity index (χ3n) is 3.26. The van der Waals surface area contributed by atoms with Gasteiger partial charge in [-0.1, -0.05) is 18.9 Å². The zero-order valence-electron chi connectivity index (χ0n) is 9.65. The van der Waals surface area contributed by atoms with Crippen molar-refractivity contribution in [3.8, 4) is 0 Å². The largest absolute Gasteiger partial charge is 0.465 e. The first-order valence-corrected chi connectivity index (χ1v) is 6.91. The van der Waals surface area contributed by atoms with Crippen LogP contribution in [0.3, 0.4) is 0 Å². The Morgan fingerprint density at radius 2 is 2.31 bits per heavy atom. The third kappa shape index (κ3) is 2.46. The van der Waals surface area contributed by atoms with E-state index in [0.717, 1.165) is 0 Å². The quantitative estimate of drug-likeness (QED) is 0.749. The molecule has 0 bridgehead atoms. The van der Waals surface area contributed by atoms with Crippen LogP contribution in [0.15, 0.2) is 17.5 Å². The lowest BCUT2D eigenvalue weighted by Gasteiger charge is -2.20. The lowest BCUT2D eigenvalue weighted by molar-refractivity contribution is -0.146. The molecule has 0 unspecified atom stereocenters. The molecule has 0 aliphatic heterocycles. The van der Waals surface area contributed by atoms with Crippen molar-refractivity contribution < 1.29 is 9.53 Å². The summed E-state index contributed by atoms with van der Waals surface area (Å²) >= 11 is 1.67. The van der Waals surface area contributed by atoms with E-state index in [2.05, 4.69) is 6.07 Å². The summed E-state index contributed by atoms with van der Waals surface area (Å²) in [5.74, 6) is 0.456. The molecule has 0 N–H and O–H groups in total. The summed E-state index contributed by atoms with van der Waals surface area (Å²) in [5.41, 5.74) is 0. The summed E-state index contributed by atoms with van der Waals surface area (Å²) in [7, 11) is 0. The number of thiophene rings is 1. The predicted octanol–water partition coefficient (Wildman–Crippen LogP) is 3.59. The van der Waals surface area contributed by atoms with Crippen molar-refractivity contribution in [1.29, 1.82) is 0 Å². The van der Waals surface area contributed by atoms with E-state index < -0.39 is 0 Å². The van der Waals surface area contributed by atoms with E-state index in [1.165, 1.54) is 30.6 Å². The van der Waals surface area contributed by atoms with Gasteiger partial charge in [0.15, 0.2) is 0 Å². The van der Waals surface area contributed by atoms with Gasteiger partial charge < -0.3 is 4.74 Å². The van der Waals surface area contributed by atoms with Crippen LogP contribution < -0.4 is 0 Å². The SMILES string of the molecule is CCOC(=O)[C@@H](c1cccs1)C1CCCC1. The molecular weight excluding hydrogens is 220 g/mol. The summed E-state index contributed by atoms with van der Waals surface area (Å²) < 4.78 is 5.21. The summed E-state index contributed by atoms with van der Waals surface area (Å²) in [6, 6.07) is 4.08. The molecule has 1 aromatic heterocycles. The van der Waals surface area contributed by atoms with Gasteiger partial charge in [-0.2, -0.15) is 0 Å². The normalized spacial score (nSPS) is 18.6. The van der Waals surface area contributed by atoms with Crippen LogP contribution in [-0.4, -0.2) is 12.6 Å². The van der Waals surface area contributed by atoms with Gasteiger partial charge >= 0.3 is 5.97 Å². The molecule has 0 amide bonds. The first kappa shape index (κ1) is 11.6. The highest BCUT2D eigenvalue weighted by Crippen LogP contribution is 2.39. The van der Waals surface area contributed by atoms with Gasteiger partial charge in [0.2, 0.25) is 0 Å². The van der Waals surface area contributed by atoms with Crippen molar-refractivity contribution in [1.82, 2.24) is 0 Å². The van der Waals surface area contributed by atoms with Crippen molar-refractivity contribution in [3.05, 3.63) is 22.4 Å². The maximum Gasteiger partial charge on any atom is 0.314 e. The lowest BCUT2D eigenvalue weighted by atomic mass is 9.89. The number of carbonyl (C=O) groups is 1. The van der Waals surface area contributed by atoms with Crippen LogP contribution >= 0.6 is 11.3 Å². The molecule has 2 rings (SSSR count). The maximum absolute atomic E-state index is 12.0. The summed E-state index contributed by atoms with van der Waals surface area (Å²) in [6.45, 7) is 2.35. The van der Waals surface area contributed by atoms with Gasteiger partial charge in [0.1, 0.15) is 0 Å². The van der Waals surface area contributed by atoms with Crippen molar-refractivity contribution >= 4 is 17.3 Å². The lowest BCUT2D eigenvalue weighted by Crippen LogP contribution is -2.21. The van der Waals surface area contributed by atoms with Gasteiger partial charge in [-0.25, -0.2) is 0 Å². The fourth-order valence-electron chi connectivity index (χ4n) is 2.53. The van der Waals surface area contributed by atoms with Crippen molar-refractivity contribution in [2.45, 2.75) is 38.5 Å². The Kier molecular flexibility index (Phi) is 3.99. The molecule has 0 aromatic carbocycles. The highest BCUT2D eigenvalue weighted by atomic mass is 32.1. The average molecular weight is 238 g/mol. The minimum absolute atomic E-state index is 0.0116. The van der Waals surface area contributed by atoms with Crippen LogP contribution in [0.2, 0.25) is 0 Å². The van der Waals surface area contributed by atoms with Crippen LogP contribution in [-0.2, 0) is 9.53 Å². The Labute approximate surface area is 101 Å².